The molecule has 0 aromatic rings. The van der Waals surface area contributed by atoms with Crippen LogP contribution in [0.3, 0.4) is 0 Å². The van der Waals surface area contributed by atoms with E-state index in [2.05, 4.69) is 11.8 Å². The van der Waals surface area contributed by atoms with Crippen LogP contribution in [0.15, 0.2) is 0 Å². The molecule has 0 atom stereocenters. The number of hydrogen-bond acceptors (Lipinski definition) is 2. The van der Waals surface area contributed by atoms with Crippen LogP contribution in [0.2, 0.25) is 0 Å². The first-order chi connectivity index (χ1) is 6.67. The molecule has 0 heterocycles. The van der Waals surface area contributed by atoms with Crippen LogP contribution in [0.1, 0.15) is 32.1 Å². The van der Waals surface area contributed by atoms with Gasteiger partial charge in [0.25, 0.3) is 0 Å². The molecule has 1 aliphatic rings. The van der Waals surface area contributed by atoms with Crippen molar-refractivity contribution in [2.24, 2.45) is 5.41 Å². The zero-order chi connectivity index (χ0) is 10.6. The van der Waals surface area contributed by atoms with Crippen molar-refractivity contribution < 1.29 is 9.59 Å². The van der Waals surface area contributed by atoms with E-state index in [1.54, 1.807) is 0 Å². The molecule has 1 aliphatic carbocycles. The molecule has 1 fully saturated rings. The Morgan fingerprint density at radius 3 is 1.86 bits per heavy atom. The standard InChI is InChI=1S/C12H12O2/c1-3-8-12(9-4-2)10(13)6-5-7-11(12)14/h1-2H,5-9H2. The van der Waals surface area contributed by atoms with Crippen molar-refractivity contribution in [2.45, 2.75) is 32.1 Å². The number of carbonyl (C=O) groups is 2. The summed E-state index contributed by atoms with van der Waals surface area (Å²) in [6, 6.07) is 0. The molecule has 2 nitrogen and oxygen atoms in total. The monoisotopic (exact) mass is 188 g/mol. The van der Waals surface area contributed by atoms with Gasteiger partial charge in [0.15, 0.2) is 0 Å². The van der Waals surface area contributed by atoms with E-state index in [4.69, 9.17) is 12.8 Å². The fraction of sp³-hybridized carbons (Fsp3) is 0.500. The normalized spacial score (nSPS) is 19.9. The summed E-state index contributed by atoms with van der Waals surface area (Å²) in [6.07, 6.45) is 12.1. The van der Waals surface area contributed by atoms with Crippen molar-refractivity contribution in [3.8, 4) is 24.7 Å². The van der Waals surface area contributed by atoms with Gasteiger partial charge in [0.05, 0.1) is 0 Å². The Morgan fingerprint density at radius 2 is 1.50 bits per heavy atom. The molecule has 0 unspecified atom stereocenters. The molecule has 2 heteroatoms. The second kappa shape index (κ2) is 4.11. The summed E-state index contributed by atoms with van der Waals surface area (Å²) in [5.74, 6) is 4.62. The summed E-state index contributed by atoms with van der Waals surface area (Å²) in [7, 11) is 0. The fourth-order valence-corrected chi connectivity index (χ4v) is 1.85. The lowest BCUT2D eigenvalue weighted by Crippen LogP contribution is -2.42. The quantitative estimate of drug-likeness (QED) is 0.484. The highest BCUT2D eigenvalue weighted by Gasteiger charge is 2.45. The van der Waals surface area contributed by atoms with Crippen molar-refractivity contribution in [1.29, 1.82) is 0 Å². The summed E-state index contributed by atoms with van der Waals surface area (Å²) in [5.41, 5.74) is -1.05. The van der Waals surface area contributed by atoms with Gasteiger partial charge < -0.3 is 0 Å². The first-order valence-corrected chi connectivity index (χ1v) is 4.61. The van der Waals surface area contributed by atoms with Crippen molar-refractivity contribution in [1.82, 2.24) is 0 Å². The van der Waals surface area contributed by atoms with E-state index in [0.29, 0.717) is 19.3 Å². The van der Waals surface area contributed by atoms with Crippen LogP contribution >= 0.6 is 0 Å². The Kier molecular flexibility index (Phi) is 3.10. The van der Waals surface area contributed by atoms with Crippen LogP contribution in [0, 0.1) is 30.1 Å². The van der Waals surface area contributed by atoms with Crippen LogP contribution in [0.5, 0.6) is 0 Å². The first-order valence-electron chi connectivity index (χ1n) is 4.61. The first kappa shape index (κ1) is 10.5. The van der Waals surface area contributed by atoms with Crippen LogP contribution in [-0.2, 0) is 9.59 Å². The van der Waals surface area contributed by atoms with Crippen molar-refractivity contribution >= 4 is 11.6 Å². The summed E-state index contributed by atoms with van der Waals surface area (Å²) in [5, 5.41) is 0. The minimum atomic E-state index is -1.05. The van der Waals surface area contributed by atoms with Gasteiger partial charge in [-0.25, -0.2) is 0 Å². The fourth-order valence-electron chi connectivity index (χ4n) is 1.85. The molecule has 0 spiro atoms. The van der Waals surface area contributed by atoms with Gasteiger partial charge >= 0.3 is 0 Å². The van der Waals surface area contributed by atoms with Gasteiger partial charge in [0, 0.05) is 25.7 Å². The van der Waals surface area contributed by atoms with Crippen molar-refractivity contribution in [3.05, 3.63) is 0 Å². The molecule has 0 N–H and O–H groups in total. The lowest BCUT2D eigenvalue weighted by atomic mass is 9.68. The Hall–Kier alpha value is -1.54. The van der Waals surface area contributed by atoms with Gasteiger partial charge in [-0.05, 0) is 6.42 Å². The highest BCUT2D eigenvalue weighted by atomic mass is 16.2. The highest BCUT2D eigenvalue weighted by molar-refractivity contribution is 6.09. The van der Waals surface area contributed by atoms with Crippen LogP contribution in [0.4, 0.5) is 0 Å². The number of rotatable bonds is 2. The molecular weight excluding hydrogens is 176 g/mol. The molecule has 72 valence electrons. The summed E-state index contributed by atoms with van der Waals surface area (Å²) in [4.78, 5) is 23.4. The van der Waals surface area contributed by atoms with Gasteiger partial charge in [-0.2, -0.15) is 0 Å². The van der Waals surface area contributed by atoms with E-state index >= 15 is 0 Å². The van der Waals surface area contributed by atoms with Gasteiger partial charge in [0.2, 0.25) is 0 Å². The molecule has 0 bridgehead atoms. The Balaban J connectivity index is 3.04. The molecule has 0 aliphatic heterocycles. The minimum Gasteiger partial charge on any atom is -0.299 e. The number of Topliss-reactive ketones (excluding diaryl/α,β-unsaturated/α-hetero) is 2. The number of carbonyl (C=O) groups excluding carboxylic acids is 2. The maximum atomic E-state index is 11.7. The number of hydrogen-bond donors (Lipinski definition) is 0. The predicted molar refractivity (Wildman–Crippen MR) is 53.2 cm³/mol. The molecule has 0 amide bonds. The second-order valence-corrected chi connectivity index (χ2v) is 3.54. The van der Waals surface area contributed by atoms with Gasteiger partial charge in [0.1, 0.15) is 17.0 Å². The predicted octanol–water partition coefficient (Wildman–Crippen LogP) is 1.34. The maximum absolute atomic E-state index is 11.7. The van der Waals surface area contributed by atoms with E-state index in [0.717, 1.165) is 0 Å². The third-order valence-electron chi connectivity index (χ3n) is 2.68. The van der Waals surface area contributed by atoms with Crippen molar-refractivity contribution in [2.75, 3.05) is 0 Å². The molecule has 0 aromatic carbocycles. The third kappa shape index (κ3) is 1.56. The SMILES string of the molecule is C#CCC1(CC#C)C(=O)CCCC1=O. The summed E-state index contributed by atoms with van der Waals surface area (Å²) >= 11 is 0. The van der Waals surface area contributed by atoms with E-state index < -0.39 is 5.41 Å². The molecule has 0 radical (unpaired) electrons. The molecular formula is C12H12O2. The van der Waals surface area contributed by atoms with E-state index in [-0.39, 0.29) is 24.4 Å². The third-order valence-corrected chi connectivity index (χ3v) is 2.68. The topological polar surface area (TPSA) is 34.1 Å². The van der Waals surface area contributed by atoms with Gasteiger partial charge in [-0.1, -0.05) is 0 Å². The molecule has 1 saturated carbocycles. The zero-order valence-corrected chi connectivity index (χ0v) is 8.01. The van der Waals surface area contributed by atoms with Crippen LogP contribution in [0.25, 0.3) is 0 Å². The largest absolute Gasteiger partial charge is 0.299 e. The lowest BCUT2D eigenvalue weighted by molar-refractivity contribution is -0.143. The summed E-state index contributed by atoms with van der Waals surface area (Å²) in [6.45, 7) is 0. The molecule has 14 heavy (non-hydrogen) atoms. The average Bonchev–Trinajstić information content (AvgIpc) is 2.15. The van der Waals surface area contributed by atoms with E-state index in [1.165, 1.54) is 0 Å². The van der Waals surface area contributed by atoms with E-state index in [1.807, 2.05) is 0 Å². The lowest BCUT2D eigenvalue weighted by Gasteiger charge is -2.30. The molecule has 1 rings (SSSR count). The maximum Gasteiger partial charge on any atom is 0.148 e. The number of ketones is 2. The molecule has 0 aromatic heterocycles. The van der Waals surface area contributed by atoms with Gasteiger partial charge in [-0.15, -0.1) is 24.7 Å². The summed E-state index contributed by atoms with van der Waals surface area (Å²) < 4.78 is 0. The Labute approximate surface area is 84.1 Å². The van der Waals surface area contributed by atoms with Crippen LogP contribution < -0.4 is 0 Å². The zero-order valence-electron chi connectivity index (χ0n) is 8.01. The highest BCUT2D eigenvalue weighted by Crippen LogP contribution is 2.36. The Morgan fingerprint density at radius 1 is 1.07 bits per heavy atom. The molecule has 0 saturated heterocycles. The average molecular weight is 188 g/mol. The van der Waals surface area contributed by atoms with E-state index in [9.17, 15) is 9.59 Å². The van der Waals surface area contributed by atoms with Crippen LogP contribution in [-0.4, -0.2) is 11.6 Å². The number of terminal acetylenes is 2. The van der Waals surface area contributed by atoms with Gasteiger partial charge in [-0.3, -0.25) is 9.59 Å². The smallest absolute Gasteiger partial charge is 0.148 e. The van der Waals surface area contributed by atoms with Crippen molar-refractivity contribution in [3.63, 3.8) is 0 Å². The second-order valence-electron chi connectivity index (χ2n) is 3.54. The minimum absolute atomic E-state index is 0.0790. The Bertz CT molecular complexity index is 304.